The largest absolute Gasteiger partial charge is 0.489 e. The van der Waals surface area contributed by atoms with Crippen molar-refractivity contribution in [3.05, 3.63) is 75.5 Å². The van der Waals surface area contributed by atoms with E-state index in [-0.39, 0.29) is 17.3 Å². The fourth-order valence-electron chi connectivity index (χ4n) is 2.87. The van der Waals surface area contributed by atoms with Crippen molar-refractivity contribution in [3.63, 3.8) is 0 Å². The van der Waals surface area contributed by atoms with Gasteiger partial charge in [-0.3, -0.25) is 4.79 Å². The van der Waals surface area contributed by atoms with Gasteiger partial charge in [0.2, 0.25) is 11.6 Å². The van der Waals surface area contributed by atoms with Crippen molar-refractivity contribution in [2.45, 2.75) is 20.5 Å². The molecule has 2 aromatic carbocycles. The second-order valence-corrected chi connectivity index (χ2v) is 7.90. The van der Waals surface area contributed by atoms with E-state index in [9.17, 15) is 4.79 Å². The normalized spacial score (nSPS) is 11.4. The summed E-state index contributed by atoms with van der Waals surface area (Å²) in [7, 11) is 0. The lowest BCUT2D eigenvalue weighted by Gasteiger charge is -2.08. The second kappa shape index (κ2) is 9.61. The molecule has 168 valence electrons. The SMILES string of the molecule is C/C(=N\NC(=O)c1nnn(-c2nonc2N)c1C)c1ccc(OCc2ccc(Br)cc2)cc1. The third-order valence-corrected chi connectivity index (χ3v) is 5.25. The lowest BCUT2D eigenvalue weighted by atomic mass is 10.1. The number of nitrogens with one attached hydrogen (secondary N) is 1. The number of hydrazone groups is 1. The Hall–Kier alpha value is -4.06. The van der Waals surface area contributed by atoms with Gasteiger partial charge in [-0.2, -0.15) is 9.78 Å². The van der Waals surface area contributed by atoms with Crippen molar-refractivity contribution in [1.29, 1.82) is 0 Å². The van der Waals surface area contributed by atoms with E-state index in [0.29, 0.717) is 18.0 Å². The standard InChI is InChI=1S/C21H19BrN8O3/c1-12(15-5-9-17(10-6-15)32-11-14-3-7-16(22)8-4-14)24-26-21(31)18-13(2)30(29-25-18)20-19(23)27-33-28-20/h3-10H,11H2,1-2H3,(H2,23,27)(H,26,31)/b24-12+. The number of halogens is 1. The molecule has 3 N–H and O–H groups in total. The van der Waals surface area contributed by atoms with Crippen molar-refractivity contribution in [1.82, 2.24) is 30.7 Å². The maximum Gasteiger partial charge on any atom is 0.293 e. The number of nitrogen functional groups attached to an aromatic ring is 1. The minimum atomic E-state index is -0.525. The van der Waals surface area contributed by atoms with Crippen LogP contribution in [0.4, 0.5) is 5.82 Å². The van der Waals surface area contributed by atoms with Crippen LogP contribution in [0.5, 0.6) is 5.75 Å². The van der Waals surface area contributed by atoms with Gasteiger partial charge in [-0.15, -0.1) is 5.10 Å². The van der Waals surface area contributed by atoms with Crippen LogP contribution in [-0.2, 0) is 6.61 Å². The molecular weight excluding hydrogens is 492 g/mol. The number of aromatic nitrogens is 5. The zero-order chi connectivity index (χ0) is 23.4. The lowest BCUT2D eigenvalue weighted by molar-refractivity contribution is 0.0949. The Morgan fingerprint density at radius 2 is 1.91 bits per heavy atom. The zero-order valence-electron chi connectivity index (χ0n) is 17.7. The average molecular weight is 511 g/mol. The first-order valence-electron chi connectivity index (χ1n) is 9.75. The van der Waals surface area contributed by atoms with E-state index in [0.717, 1.165) is 21.3 Å². The summed E-state index contributed by atoms with van der Waals surface area (Å²) in [6.45, 7) is 3.89. The monoisotopic (exact) mass is 510 g/mol. The van der Waals surface area contributed by atoms with Gasteiger partial charge in [0, 0.05) is 4.47 Å². The fraction of sp³-hybridized carbons (Fsp3) is 0.143. The highest BCUT2D eigenvalue weighted by Crippen LogP contribution is 2.17. The Morgan fingerprint density at radius 3 is 2.58 bits per heavy atom. The van der Waals surface area contributed by atoms with Crippen LogP contribution in [0, 0.1) is 6.92 Å². The highest BCUT2D eigenvalue weighted by Gasteiger charge is 2.20. The number of hydrogen-bond acceptors (Lipinski definition) is 9. The van der Waals surface area contributed by atoms with Gasteiger partial charge >= 0.3 is 0 Å². The predicted octanol–water partition coefficient (Wildman–Crippen LogP) is 3.04. The van der Waals surface area contributed by atoms with Gasteiger partial charge in [0.25, 0.3) is 5.91 Å². The highest BCUT2D eigenvalue weighted by molar-refractivity contribution is 9.10. The molecule has 0 saturated heterocycles. The maximum absolute atomic E-state index is 12.5. The average Bonchev–Trinajstić information content (AvgIpc) is 3.42. The Kier molecular flexibility index (Phi) is 6.45. The minimum absolute atomic E-state index is 0.0353. The van der Waals surface area contributed by atoms with Gasteiger partial charge < -0.3 is 10.5 Å². The minimum Gasteiger partial charge on any atom is -0.489 e. The van der Waals surface area contributed by atoms with Crippen LogP contribution >= 0.6 is 15.9 Å². The molecule has 0 spiro atoms. The molecule has 4 rings (SSSR count). The molecule has 33 heavy (non-hydrogen) atoms. The second-order valence-electron chi connectivity index (χ2n) is 6.99. The Labute approximate surface area is 196 Å². The van der Waals surface area contributed by atoms with Crippen molar-refractivity contribution in [2.75, 3.05) is 5.73 Å². The summed E-state index contributed by atoms with van der Waals surface area (Å²) in [5.41, 5.74) is 11.1. The Morgan fingerprint density at radius 1 is 1.18 bits per heavy atom. The molecule has 0 saturated carbocycles. The molecule has 4 aromatic rings. The number of benzene rings is 2. The van der Waals surface area contributed by atoms with Crippen LogP contribution in [0.25, 0.3) is 5.82 Å². The number of nitrogens with two attached hydrogens (primary N) is 1. The van der Waals surface area contributed by atoms with Crippen LogP contribution in [0.15, 0.2) is 62.7 Å². The summed E-state index contributed by atoms with van der Waals surface area (Å²) in [6, 6.07) is 15.4. The molecule has 12 heteroatoms. The van der Waals surface area contributed by atoms with E-state index in [2.05, 4.69) is 51.7 Å². The molecular formula is C21H19BrN8O3. The third-order valence-electron chi connectivity index (χ3n) is 4.72. The maximum atomic E-state index is 12.5. The van der Waals surface area contributed by atoms with E-state index in [1.54, 1.807) is 13.8 Å². The number of nitrogens with zero attached hydrogens (tertiary/aromatic N) is 6. The number of anilines is 1. The molecule has 0 aliphatic rings. The van der Waals surface area contributed by atoms with Crippen molar-refractivity contribution < 1.29 is 14.2 Å². The third kappa shape index (κ3) is 5.06. The molecule has 11 nitrogen and oxygen atoms in total. The molecule has 0 bridgehead atoms. The topological polar surface area (TPSA) is 146 Å². The molecule has 2 aromatic heterocycles. The molecule has 0 radical (unpaired) electrons. The Balaban J connectivity index is 1.37. The van der Waals surface area contributed by atoms with E-state index >= 15 is 0 Å². The van der Waals surface area contributed by atoms with E-state index in [4.69, 9.17) is 10.5 Å². The fourth-order valence-corrected chi connectivity index (χ4v) is 3.13. The van der Waals surface area contributed by atoms with Gasteiger partial charge in [-0.1, -0.05) is 33.3 Å². The highest BCUT2D eigenvalue weighted by atomic mass is 79.9. The number of ether oxygens (including phenoxy) is 1. The summed E-state index contributed by atoms with van der Waals surface area (Å²) in [5, 5.41) is 19.0. The van der Waals surface area contributed by atoms with Gasteiger partial charge in [0.15, 0.2) is 5.69 Å². The van der Waals surface area contributed by atoms with Gasteiger partial charge in [0.1, 0.15) is 12.4 Å². The van der Waals surface area contributed by atoms with Crippen LogP contribution in [-0.4, -0.2) is 36.9 Å². The predicted molar refractivity (Wildman–Crippen MR) is 123 cm³/mol. The van der Waals surface area contributed by atoms with Crippen LogP contribution in [0.2, 0.25) is 0 Å². The van der Waals surface area contributed by atoms with E-state index < -0.39 is 5.91 Å². The van der Waals surface area contributed by atoms with Crippen LogP contribution in [0.1, 0.15) is 34.2 Å². The summed E-state index contributed by atoms with van der Waals surface area (Å²) < 4.78 is 12.7. The van der Waals surface area contributed by atoms with Crippen molar-refractivity contribution in [2.24, 2.45) is 5.10 Å². The first kappa shape index (κ1) is 22.1. The number of carbonyl (C=O) groups excluding carboxylic acids is 1. The molecule has 0 fully saturated rings. The van der Waals surface area contributed by atoms with Gasteiger partial charge in [-0.25, -0.2) is 10.1 Å². The van der Waals surface area contributed by atoms with Gasteiger partial charge in [-0.05, 0) is 71.7 Å². The first-order valence-corrected chi connectivity index (χ1v) is 10.5. The quantitative estimate of drug-likeness (QED) is 0.284. The van der Waals surface area contributed by atoms with E-state index in [1.165, 1.54) is 4.68 Å². The van der Waals surface area contributed by atoms with Crippen LogP contribution in [0.3, 0.4) is 0 Å². The summed E-state index contributed by atoms with van der Waals surface area (Å²) in [4.78, 5) is 12.5. The first-order chi connectivity index (χ1) is 15.9. The molecule has 2 heterocycles. The Bertz CT molecular complexity index is 1300. The summed E-state index contributed by atoms with van der Waals surface area (Å²) in [5.74, 6) is 0.393. The van der Waals surface area contributed by atoms with Crippen molar-refractivity contribution >= 4 is 33.4 Å². The molecule has 0 atom stereocenters. The summed E-state index contributed by atoms with van der Waals surface area (Å²) in [6.07, 6.45) is 0. The van der Waals surface area contributed by atoms with Crippen LogP contribution < -0.4 is 15.9 Å². The molecule has 1 amide bonds. The smallest absolute Gasteiger partial charge is 0.293 e. The molecule has 0 unspecified atom stereocenters. The molecule has 0 aliphatic heterocycles. The van der Waals surface area contributed by atoms with E-state index in [1.807, 2.05) is 48.5 Å². The van der Waals surface area contributed by atoms with Gasteiger partial charge in [0.05, 0.1) is 11.4 Å². The molecule has 0 aliphatic carbocycles. The lowest BCUT2D eigenvalue weighted by Crippen LogP contribution is -2.21. The number of amides is 1. The number of carbonyl (C=O) groups is 1. The summed E-state index contributed by atoms with van der Waals surface area (Å²) >= 11 is 3.41. The zero-order valence-corrected chi connectivity index (χ0v) is 19.3. The number of rotatable bonds is 7. The number of hydrogen-bond donors (Lipinski definition) is 2. The van der Waals surface area contributed by atoms with Crippen molar-refractivity contribution in [3.8, 4) is 11.6 Å².